The van der Waals surface area contributed by atoms with Gasteiger partial charge < -0.3 is 16.0 Å². The molecule has 0 atom stereocenters. The van der Waals surface area contributed by atoms with Crippen LogP contribution in [0, 0.1) is 0 Å². The van der Waals surface area contributed by atoms with Gasteiger partial charge in [-0.15, -0.1) is 0 Å². The molecular weight excluding hydrogens is 250 g/mol. The standard InChI is InChI=1S/C15H21N5/c16-15-18-13-7-2-1-6-12(13)14(19-15)17-8-5-11-20-9-3-4-10-20/h1-2,6-7H,3-5,8-11H2,(H3,16,17,18,19). The van der Waals surface area contributed by atoms with Gasteiger partial charge in [-0.1, -0.05) is 12.1 Å². The molecule has 5 heteroatoms. The Hall–Kier alpha value is -1.88. The van der Waals surface area contributed by atoms with Crippen molar-refractivity contribution >= 4 is 22.7 Å². The molecule has 3 rings (SSSR count). The maximum atomic E-state index is 5.76. The summed E-state index contributed by atoms with van der Waals surface area (Å²) in [6.45, 7) is 4.58. The lowest BCUT2D eigenvalue weighted by Crippen LogP contribution is -2.22. The van der Waals surface area contributed by atoms with Crippen LogP contribution in [-0.2, 0) is 0 Å². The fraction of sp³-hybridized carbons (Fsp3) is 0.467. The molecule has 3 N–H and O–H groups in total. The zero-order valence-corrected chi connectivity index (χ0v) is 11.7. The molecule has 5 nitrogen and oxygen atoms in total. The molecule has 0 spiro atoms. The molecule has 1 aromatic heterocycles. The second-order valence-corrected chi connectivity index (χ2v) is 5.28. The zero-order valence-electron chi connectivity index (χ0n) is 11.7. The van der Waals surface area contributed by atoms with Crippen LogP contribution in [-0.4, -0.2) is 41.0 Å². The predicted molar refractivity (Wildman–Crippen MR) is 82.7 cm³/mol. The first-order valence-corrected chi connectivity index (χ1v) is 7.31. The van der Waals surface area contributed by atoms with Crippen molar-refractivity contribution < 1.29 is 0 Å². The summed E-state index contributed by atoms with van der Waals surface area (Å²) in [6.07, 6.45) is 3.82. The fourth-order valence-corrected chi connectivity index (χ4v) is 2.75. The van der Waals surface area contributed by atoms with E-state index < -0.39 is 0 Å². The molecule has 2 heterocycles. The number of nitrogens with zero attached hydrogens (tertiary/aromatic N) is 3. The summed E-state index contributed by atoms with van der Waals surface area (Å²) >= 11 is 0. The number of benzene rings is 1. The number of anilines is 2. The van der Waals surface area contributed by atoms with Gasteiger partial charge in [0.05, 0.1) is 5.52 Å². The monoisotopic (exact) mass is 271 g/mol. The largest absolute Gasteiger partial charge is 0.369 e. The lowest BCUT2D eigenvalue weighted by molar-refractivity contribution is 0.337. The van der Waals surface area contributed by atoms with Crippen LogP contribution in [0.5, 0.6) is 0 Å². The third-order valence-electron chi connectivity index (χ3n) is 3.76. The van der Waals surface area contributed by atoms with Crippen LogP contribution in [0.4, 0.5) is 11.8 Å². The number of hydrogen-bond acceptors (Lipinski definition) is 5. The van der Waals surface area contributed by atoms with Crippen LogP contribution in [0.1, 0.15) is 19.3 Å². The molecule has 106 valence electrons. The van der Waals surface area contributed by atoms with Gasteiger partial charge in [0.15, 0.2) is 0 Å². The van der Waals surface area contributed by atoms with Crippen LogP contribution < -0.4 is 11.1 Å². The van der Waals surface area contributed by atoms with Crippen molar-refractivity contribution in [2.45, 2.75) is 19.3 Å². The molecule has 0 radical (unpaired) electrons. The number of likely N-dealkylation sites (tertiary alicyclic amines) is 1. The molecule has 0 aliphatic carbocycles. The molecule has 0 bridgehead atoms. The summed E-state index contributed by atoms with van der Waals surface area (Å²) in [7, 11) is 0. The minimum atomic E-state index is 0.325. The Bertz CT molecular complexity index is 577. The smallest absolute Gasteiger partial charge is 0.222 e. The normalized spacial score (nSPS) is 15.8. The van der Waals surface area contributed by atoms with Crippen molar-refractivity contribution in [3.8, 4) is 0 Å². The van der Waals surface area contributed by atoms with Crippen LogP contribution in [0.3, 0.4) is 0 Å². The molecule has 1 fully saturated rings. The number of nitrogens with one attached hydrogen (secondary N) is 1. The SMILES string of the molecule is Nc1nc(NCCCN2CCCC2)c2ccccc2n1. The Morgan fingerprint density at radius 1 is 1.15 bits per heavy atom. The highest BCUT2D eigenvalue weighted by Gasteiger charge is 2.10. The topological polar surface area (TPSA) is 67.1 Å². The van der Waals surface area contributed by atoms with E-state index in [0.717, 1.165) is 36.2 Å². The Balaban J connectivity index is 1.61. The van der Waals surface area contributed by atoms with E-state index in [1.807, 2.05) is 24.3 Å². The van der Waals surface area contributed by atoms with E-state index in [4.69, 9.17) is 5.73 Å². The van der Waals surface area contributed by atoms with E-state index in [1.54, 1.807) is 0 Å². The first kappa shape index (κ1) is 13.1. The Morgan fingerprint density at radius 2 is 1.95 bits per heavy atom. The van der Waals surface area contributed by atoms with Crippen molar-refractivity contribution in [1.29, 1.82) is 0 Å². The summed E-state index contributed by atoms with van der Waals surface area (Å²) in [5.41, 5.74) is 6.65. The number of nitrogens with two attached hydrogens (primary N) is 1. The molecule has 1 aliphatic rings. The summed E-state index contributed by atoms with van der Waals surface area (Å²) in [4.78, 5) is 11.1. The molecule has 1 aliphatic heterocycles. The van der Waals surface area contributed by atoms with E-state index in [-0.39, 0.29) is 0 Å². The maximum absolute atomic E-state index is 5.76. The number of nitrogen functional groups attached to an aromatic ring is 1. The van der Waals surface area contributed by atoms with Crippen LogP contribution in [0.15, 0.2) is 24.3 Å². The Morgan fingerprint density at radius 3 is 2.80 bits per heavy atom. The van der Waals surface area contributed by atoms with E-state index >= 15 is 0 Å². The summed E-state index contributed by atoms with van der Waals surface area (Å²) in [6, 6.07) is 7.95. The van der Waals surface area contributed by atoms with Crippen molar-refractivity contribution in [1.82, 2.24) is 14.9 Å². The summed E-state index contributed by atoms with van der Waals surface area (Å²) in [5.74, 6) is 1.17. The van der Waals surface area contributed by atoms with Crippen molar-refractivity contribution in [3.05, 3.63) is 24.3 Å². The average molecular weight is 271 g/mol. The van der Waals surface area contributed by atoms with Crippen LogP contribution >= 0.6 is 0 Å². The second kappa shape index (κ2) is 6.05. The first-order valence-electron chi connectivity index (χ1n) is 7.31. The molecule has 2 aromatic rings. The van der Waals surface area contributed by atoms with Gasteiger partial charge in [0.25, 0.3) is 0 Å². The summed E-state index contributed by atoms with van der Waals surface area (Å²) < 4.78 is 0. The Kier molecular flexibility index (Phi) is 3.97. The average Bonchev–Trinajstić information content (AvgIpc) is 2.96. The Labute approximate surface area is 119 Å². The summed E-state index contributed by atoms with van der Waals surface area (Å²) in [5, 5.41) is 4.43. The van der Waals surface area contributed by atoms with Gasteiger partial charge >= 0.3 is 0 Å². The van der Waals surface area contributed by atoms with Crippen molar-refractivity contribution in [3.63, 3.8) is 0 Å². The second-order valence-electron chi connectivity index (χ2n) is 5.28. The quantitative estimate of drug-likeness (QED) is 0.815. The van der Waals surface area contributed by atoms with Gasteiger partial charge in [-0.2, -0.15) is 4.98 Å². The van der Waals surface area contributed by atoms with Gasteiger partial charge in [-0.25, -0.2) is 4.98 Å². The van der Waals surface area contributed by atoms with Crippen molar-refractivity contribution in [2.24, 2.45) is 0 Å². The lowest BCUT2D eigenvalue weighted by Gasteiger charge is -2.15. The number of hydrogen-bond donors (Lipinski definition) is 2. The molecule has 20 heavy (non-hydrogen) atoms. The van der Waals surface area contributed by atoms with E-state index in [1.165, 1.54) is 25.9 Å². The van der Waals surface area contributed by atoms with Crippen LogP contribution in [0.2, 0.25) is 0 Å². The van der Waals surface area contributed by atoms with Gasteiger partial charge in [0, 0.05) is 11.9 Å². The third kappa shape index (κ3) is 2.99. The van der Waals surface area contributed by atoms with E-state index in [0.29, 0.717) is 5.95 Å². The number of fused-ring (bicyclic) bond motifs is 1. The number of rotatable bonds is 5. The molecule has 1 saturated heterocycles. The molecule has 0 unspecified atom stereocenters. The van der Waals surface area contributed by atoms with E-state index in [9.17, 15) is 0 Å². The number of para-hydroxylation sites is 1. The number of aromatic nitrogens is 2. The molecule has 0 amide bonds. The van der Waals surface area contributed by atoms with Crippen LogP contribution in [0.25, 0.3) is 10.9 Å². The molecule has 1 aromatic carbocycles. The highest BCUT2D eigenvalue weighted by molar-refractivity contribution is 5.89. The molecule has 0 saturated carbocycles. The fourth-order valence-electron chi connectivity index (χ4n) is 2.75. The minimum Gasteiger partial charge on any atom is -0.369 e. The maximum Gasteiger partial charge on any atom is 0.222 e. The van der Waals surface area contributed by atoms with Gasteiger partial charge in [0.1, 0.15) is 5.82 Å². The first-order chi connectivity index (χ1) is 9.83. The highest BCUT2D eigenvalue weighted by atomic mass is 15.1. The van der Waals surface area contributed by atoms with Gasteiger partial charge in [-0.05, 0) is 51.0 Å². The predicted octanol–water partition coefficient (Wildman–Crippen LogP) is 2.11. The zero-order chi connectivity index (χ0) is 13.8. The third-order valence-corrected chi connectivity index (χ3v) is 3.76. The lowest BCUT2D eigenvalue weighted by atomic mass is 10.2. The van der Waals surface area contributed by atoms with Crippen molar-refractivity contribution in [2.75, 3.05) is 37.2 Å². The molecular formula is C15H21N5. The minimum absolute atomic E-state index is 0.325. The van der Waals surface area contributed by atoms with Gasteiger partial charge in [-0.3, -0.25) is 0 Å². The van der Waals surface area contributed by atoms with Gasteiger partial charge in [0.2, 0.25) is 5.95 Å². The highest BCUT2D eigenvalue weighted by Crippen LogP contribution is 2.20. The van der Waals surface area contributed by atoms with E-state index in [2.05, 4.69) is 20.2 Å².